The van der Waals surface area contributed by atoms with Crippen LogP contribution in [0.5, 0.6) is 0 Å². The number of benzene rings is 1. The molecule has 0 unspecified atom stereocenters. The summed E-state index contributed by atoms with van der Waals surface area (Å²) in [7, 11) is 0. The van der Waals surface area contributed by atoms with Crippen molar-refractivity contribution in [1.82, 2.24) is 9.78 Å². The summed E-state index contributed by atoms with van der Waals surface area (Å²) in [6.07, 6.45) is 2.99. The molecule has 0 saturated carbocycles. The van der Waals surface area contributed by atoms with Crippen molar-refractivity contribution in [3.63, 3.8) is 0 Å². The van der Waals surface area contributed by atoms with Crippen molar-refractivity contribution in [3.05, 3.63) is 47.4 Å². The van der Waals surface area contributed by atoms with E-state index < -0.39 is 17.4 Å². The van der Waals surface area contributed by atoms with E-state index in [0.717, 1.165) is 0 Å². The van der Waals surface area contributed by atoms with Crippen molar-refractivity contribution in [3.8, 4) is 23.4 Å². The molecule has 7 heteroatoms. The molecular weight excluding hydrogens is 299 g/mol. The quantitative estimate of drug-likeness (QED) is 0.675. The highest BCUT2D eigenvalue weighted by Crippen LogP contribution is 2.24. The normalized spacial score (nSPS) is 10.8. The number of rotatable bonds is 5. The van der Waals surface area contributed by atoms with Gasteiger partial charge in [0.05, 0.1) is 24.7 Å². The summed E-state index contributed by atoms with van der Waals surface area (Å²) in [6.45, 7) is 0.327. The van der Waals surface area contributed by atoms with Crippen LogP contribution >= 0.6 is 0 Å². The topological polar surface area (TPSA) is 103 Å². The summed E-state index contributed by atoms with van der Waals surface area (Å²) in [4.78, 5) is 11.0. The van der Waals surface area contributed by atoms with Gasteiger partial charge in [0.15, 0.2) is 0 Å². The van der Waals surface area contributed by atoms with Gasteiger partial charge in [-0.25, -0.2) is 9.18 Å². The van der Waals surface area contributed by atoms with Gasteiger partial charge in [0, 0.05) is 17.3 Å². The van der Waals surface area contributed by atoms with E-state index in [-0.39, 0.29) is 6.42 Å². The van der Waals surface area contributed by atoms with Gasteiger partial charge in [-0.1, -0.05) is 0 Å². The molecule has 6 nitrogen and oxygen atoms in total. The molecule has 114 valence electrons. The molecule has 2 aromatic rings. The highest BCUT2D eigenvalue weighted by molar-refractivity contribution is 5.97. The molecule has 1 N–H and O–H groups in total. The molecule has 0 fully saturated rings. The Kier molecular flexibility index (Phi) is 4.85. The first-order chi connectivity index (χ1) is 11.0. The SMILES string of the molecule is N#CCCn1cc(/C=C(/C#N)C(=O)O)c(-c2ccc(F)cc2)n1. The summed E-state index contributed by atoms with van der Waals surface area (Å²) in [5, 5.41) is 30.8. The van der Waals surface area contributed by atoms with E-state index in [1.54, 1.807) is 12.3 Å². The largest absolute Gasteiger partial charge is 0.477 e. The fraction of sp³-hybridized carbons (Fsp3) is 0.125. The molecule has 0 bridgehead atoms. The summed E-state index contributed by atoms with van der Waals surface area (Å²) in [5.74, 6) is -1.75. The standard InChI is InChI=1S/C16H11FN4O2/c17-14-4-2-11(3-5-14)15-13(8-12(9-19)16(22)23)10-21(20-15)7-1-6-18/h2-5,8,10H,1,7H2,(H,22,23)/b12-8-. The third-order valence-corrected chi connectivity index (χ3v) is 3.01. The molecule has 0 aliphatic heterocycles. The van der Waals surface area contributed by atoms with Gasteiger partial charge in [-0.15, -0.1) is 0 Å². The first kappa shape index (κ1) is 15.9. The van der Waals surface area contributed by atoms with E-state index in [2.05, 4.69) is 5.10 Å². The lowest BCUT2D eigenvalue weighted by Crippen LogP contribution is -1.97. The van der Waals surface area contributed by atoms with E-state index in [0.29, 0.717) is 23.4 Å². The van der Waals surface area contributed by atoms with Gasteiger partial charge in [-0.3, -0.25) is 4.68 Å². The van der Waals surface area contributed by atoms with Crippen LogP contribution < -0.4 is 0 Å². The molecular formula is C16H11FN4O2. The highest BCUT2D eigenvalue weighted by Gasteiger charge is 2.13. The number of nitriles is 2. The molecule has 0 saturated heterocycles. The van der Waals surface area contributed by atoms with Gasteiger partial charge in [0.1, 0.15) is 17.5 Å². The number of aromatic nitrogens is 2. The first-order valence-corrected chi connectivity index (χ1v) is 6.60. The van der Waals surface area contributed by atoms with Crippen LogP contribution in [0.2, 0.25) is 0 Å². The minimum absolute atomic E-state index is 0.234. The van der Waals surface area contributed by atoms with Gasteiger partial charge in [0.25, 0.3) is 0 Å². The second-order valence-electron chi connectivity index (χ2n) is 4.59. The van der Waals surface area contributed by atoms with Crippen LogP contribution in [0, 0.1) is 28.5 Å². The Bertz CT molecular complexity index is 838. The van der Waals surface area contributed by atoms with Crippen molar-refractivity contribution in [2.24, 2.45) is 0 Å². The molecule has 2 rings (SSSR count). The van der Waals surface area contributed by atoms with Crippen molar-refractivity contribution in [2.75, 3.05) is 0 Å². The van der Waals surface area contributed by atoms with E-state index in [1.807, 2.05) is 6.07 Å². The molecule has 0 amide bonds. The number of hydrogen-bond acceptors (Lipinski definition) is 4. The Labute approximate surface area is 131 Å². The van der Waals surface area contributed by atoms with Crippen molar-refractivity contribution >= 4 is 12.0 Å². The van der Waals surface area contributed by atoms with E-state index >= 15 is 0 Å². The van der Waals surface area contributed by atoms with E-state index in [9.17, 15) is 9.18 Å². The van der Waals surface area contributed by atoms with Crippen molar-refractivity contribution < 1.29 is 14.3 Å². The fourth-order valence-corrected chi connectivity index (χ4v) is 1.95. The molecule has 23 heavy (non-hydrogen) atoms. The molecule has 1 heterocycles. The van der Waals surface area contributed by atoms with Gasteiger partial charge in [-0.2, -0.15) is 15.6 Å². The molecule has 0 aliphatic carbocycles. The fourth-order valence-electron chi connectivity index (χ4n) is 1.95. The average Bonchev–Trinajstić information content (AvgIpc) is 2.94. The minimum Gasteiger partial charge on any atom is -0.477 e. The third-order valence-electron chi connectivity index (χ3n) is 3.01. The van der Waals surface area contributed by atoms with Crippen LogP contribution in [0.1, 0.15) is 12.0 Å². The van der Waals surface area contributed by atoms with Gasteiger partial charge in [0.2, 0.25) is 0 Å². The van der Waals surface area contributed by atoms with Crippen molar-refractivity contribution in [1.29, 1.82) is 10.5 Å². The molecule has 0 radical (unpaired) electrons. The molecule has 1 aromatic carbocycles. The Hall–Kier alpha value is -3.45. The Morgan fingerprint density at radius 2 is 2.04 bits per heavy atom. The van der Waals surface area contributed by atoms with E-state index in [1.165, 1.54) is 35.0 Å². The predicted octanol–water partition coefficient (Wildman–Crippen LogP) is 2.59. The van der Waals surface area contributed by atoms with Gasteiger partial charge in [-0.05, 0) is 30.3 Å². The van der Waals surface area contributed by atoms with Crippen LogP contribution in [0.3, 0.4) is 0 Å². The number of halogens is 1. The lowest BCUT2D eigenvalue weighted by Gasteiger charge is -1.99. The zero-order valence-corrected chi connectivity index (χ0v) is 11.9. The van der Waals surface area contributed by atoms with Gasteiger partial charge >= 0.3 is 5.97 Å². The maximum Gasteiger partial charge on any atom is 0.346 e. The molecule has 0 aliphatic rings. The van der Waals surface area contributed by atoms with Gasteiger partial charge < -0.3 is 5.11 Å². The molecule has 1 aromatic heterocycles. The summed E-state index contributed by atoms with van der Waals surface area (Å²) < 4.78 is 14.5. The Balaban J connectivity index is 2.53. The van der Waals surface area contributed by atoms with Crippen LogP contribution in [-0.2, 0) is 11.3 Å². The van der Waals surface area contributed by atoms with Crippen LogP contribution in [0.15, 0.2) is 36.0 Å². The maximum atomic E-state index is 13.1. The number of nitrogens with zero attached hydrogens (tertiary/aromatic N) is 4. The second kappa shape index (κ2) is 7.01. The van der Waals surface area contributed by atoms with E-state index in [4.69, 9.17) is 15.6 Å². The summed E-state index contributed by atoms with van der Waals surface area (Å²) in [5.41, 5.74) is 0.967. The Morgan fingerprint density at radius 3 is 2.61 bits per heavy atom. The van der Waals surface area contributed by atoms with Crippen molar-refractivity contribution in [2.45, 2.75) is 13.0 Å². The smallest absolute Gasteiger partial charge is 0.346 e. The second-order valence-corrected chi connectivity index (χ2v) is 4.59. The number of aryl methyl sites for hydroxylation is 1. The van der Waals surface area contributed by atoms with Crippen LogP contribution in [0.4, 0.5) is 4.39 Å². The Morgan fingerprint density at radius 1 is 1.35 bits per heavy atom. The summed E-state index contributed by atoms with van der Waals surface area (Å²) >= 11 is 0. The number of aliphatic carboxylic acids is 1. The maximum absolute atomic E-state index is 13.1. The monoisotopic (exact) mass is 310 g/mol. The predicted molar refractivity (Wildman–Crippen MR) is 79.1 cm³/mol. The zero-order chi connectivity index (χ0) is 16.8. The molecule has 0 spiro atoms. The van der Waals surface area contributed by atoms with Crippen LogP contribution in [-0.4, -0.2) is 20.9 Å². The number of carboxylic acids is 1. The first-order valence-electron chi connectivity index (χ1n) is 6.60. The third kappa shape index (κ3) is 3.80. The minimum atomic E-state index is -1.35. The average molecular weight is 310 g/mol. The lowest BCUT2D eigenvalue weighted by atomic mass is 10.1. The lowest BCUT2D eigenvalue weighted by molar-refractivity contribution is -0.132. The summed E-state index contributed by atoms with van der Waals surface area (Å²) in [6, 6.07) is 9.14. The van der Waals surface area contributed by atoms with Crippen LogP contribution in [0.25, 0.3) is 17.3 Å². The number of carbonyl (C=O) groups is 1. The highest BCUT2D eigenvalue weighted by atomic mass is 19.1. The molecule has 0 atom stereocenters. The zero-order valence-electron chi connectivity index (χ0n) is 11.9. The number of carboxylic acid groups (broad SMARTS) is 1. The number of hydrogen-bond donors (Lipinski definition) is 1.